The zero-order valence-corrected chi connectivity index (χ0v) is 31.8. The molecule has 3 aromatic heterocycles. The first kappa shape index (κ1) is 32.5. The van der Waals surface area contributed by atoms with Crippen LogP contribution in [0.5, 0.6) is 0 Å². The van der Waals surface area contributed by atoms with Gasteiger partial charge in [-0.1, -0.05) is 48.7 Å². The fourth-order valence-electron chi connectivity index (χ4n) is 5.40. The van der Waals surface area contributed by atoms with Gasteiger partial charge < -0.3 is 4.98 Å². The minimum absolute atomic E-state index is 0. The monoisotopic (exact) mass is 862 g/mol. The van der Waals surface area contributed by atoms with Crippen molar-refractivity contribution in [3.05, 3.63) is 139 Å². The molecule has 1 radical (unpaired) electrons. The van der Waals surface area contributed by atoms with Gasteiger partial charge in [-0.2, -0.15) is 11.3 Å². The summed E-state index contributed by atoms with van der Waals surface area (Å²) in [5.74, 6) is 6.10. The predicted octanol–water partition coefficient (Wildman–Crippen LogP) is 11.0. The van der Waals surface area contributed by atoms with E-state index in [-0.39, 0.29) is 25.9 Å². The molecule has 233 valence electrons. The molecular weight excluding hydrogens is 824 g/mol. The first-order valence-corrected chi connectivity index (χ1v) is 23.2. The molecule has 0 aliphatic rings. The van der Waals surface area contributed by atoms with Gasteiger partial charge in [-0.15, -0.1) is 23.8 Å². The maximum atomic E-state index is 13.7. The van der Waals surface area contributed by atoms with Crippen molar-refractivity contribution in [2.75, 3.05) is 0 Å². The third-order valence-electron chi connectivity index (χ3n) is 7.88. The summed E-state index contributed by atoms with van der Waals surface area (Å²) in [5.41, 5.74) is 4.70. The summed E-state index contributed by atoms with van der Waals surface area (Å²) < 4.78 is 26.0. The molecule has 4 aromatic carbocycles. The van der Waals surface area contributed by atoms with E-state index in [1.54, 1.807) is 23.6 Å². The van der Waals surface area contributed by atoms with Crippen molar-refractivity contribution in [2.45, 2.75) is 37.0 Å². The van der Waals surface area contributed by atoms with Crippen LogP contribution in [0.2, 0.25) is 17.3 Å². The maximum absolute atomic E-state index is 13.7. The summed E-state index contributed by atoms with van der Waals surface area (Å²) in [6.45, 7) is 3.80. The molecule has 0 bridgehead atoms. The number of aromatic nitrogens is 2. The van der Waals surface area contributed by atoms with Crippen LogP contribution >= 0.6 is 11.3 Å². The summed E-state index contributed by atoms with van der Waals surface area (Å²) in [7, 11) is 0. The second-order valence-electron chi connectivity index (χ2n) is 12.1. The summed E-state index contributed by atoms with van der Waals surface area (Å²) in [4.78, 5) is 9.13. The Morgan fingerprint density at radius 2 is 1.65 bits per heavy atom. The van der Waals surface area contributed by atoms with Crippen LogP contribution in [-0.2, 0) is 20.1 Å². The molecule has 0 spiro atoms. The van der Waals surface area contributed by atoms with Crippen molar-refractivity contribution in [1.82, 2.24) is 9.97 Å². The second-order valence-corrected chi connectivity index (χ2v) is 23.7. The molecule has 7 aromatic rings. The number of benzene rings is 4. The molecule has 0 fully saturated rings. The van der Waals surface area contributed by atoms with Crippen LogP contribution < -0.4 is 4.40 Å². The fraction of sp³-hybridized carbons (Fsp3) is 0.150. The summed E-state index contributed by atoms with van der Waals surface area (Å²) in [6.07, 6.45) is 7.58. The third-order valence-corrected chi connectivity index (χ3v) is 13.4. The number of fused-ring (bicyclic) bond motifs is 5. The van der Waals surface area contributed by atoms with Gasteiger partial charge >= 0.3 is 99.8 Å². The Morgan fingerprint density at radius 1 is 0.848 bits per heavy atom. The molecule has 1 unspecified atom stereocenters. The minimum Gasteiger partial charge on any atom is 0 e. The Morgan fingerprint density at radius 3 is 2.37 bits per heavy atom. The molecule has 0 amide bonds. The van der Waals surface area contributed by atoms with E-state index in [0.29, 0.717) is 0 Å². The van der Waals surface area contributed by atoms with E-state index in [1.807, 2.05) is 86.8 Å². The van der Waals surface area contributed by atoms with Crippen molar-refractivity contribution >= 4 is 59.9 Å². The Kier molecular flexibility index (Phi) is 10.2. The van der Waals surface area contributed by atoms with Crippen LogP contribution in [0.15, 0.2) is 116 Å². The van der Waals surface area contributed by atoms with Crippen LogP contribution in [0.4, 0.5) is 4.39 Å². The van der Waals surface area contributed by atoms with Gasteiger partial charge in [0.15, 0.2) is 0 Å². The van der Waals surface area contributed by atoms with Crippen LogP contribution in [0.1, 0.15) is 26.7 Å². The van der Waals surface area contributed by atoms with Crippen molar-refractivity contribution in [1.29, 1.82) is 0 Å². The van der Waals surface area contributed by atoms with E-state index < -0.39 is 19.2 Å². The number of thiophene rings is 1. The van der Waals surface area contributed by atoms with Gasteiger partial charge in [0.1, 0.15) is 5.82 Å². The van der Waals surface area contributed by atoms with Gasteiger partial charge in [0.25, 0.3) is 0 Å². The van der Waals surface area contributed by atoms with Gasteiger partial charge in [-0.25, -0.2) is 4.39 Å². The van der Waals surface area contributed by atoms with Crippen molar-refractivity contribution in [2.24, 2.45) is 0 Å². The molecule has 46 heavy (non-hydrogen) atoms. The first-order valence-electron chi connectivity index (χ1n) is 15.5. The van der Waals surface area contributed by atoms with E-state index >= 15 is 0 Å². The standard InChI is InChI=1S/C26H19FNS.C14H16GeN.Ir/c1-3-5-16(2)17-12-13-28-24(15-17)23-7-4-6-21-22-10-8-18-14-19(27)9-11-20(18)25(22)29-26(21)23;1-15(2,3)13-9-10-14(16-11-13)12-7-5-4-6-8-12;/h3-6,8-16H,1-2H3;4-7,9-11H,1-3H3;/q2*-1;/b5-3-;;/i16D;;. The van der Waals surface area contributed by atoms with E-state index in [0.717, 1.165) is 59.0 Å². The molecular formula is C40H35FGeIrN2S-2. The quantitative estimate of drug-likeness (QED) is 0.0979. The van der Waals surface area contributed by atoms with Crippen LogP contribution in [0, 0.1) is 17.9 Å². The van der Waals surface area contributed by atoms with Crippen molar-refractivity contribution in [3.8, 4) is 22.5 Å². The van der Waals surface area contributed by atoms with Gasteiger partial charge in [-0.05, 0) is 63.1 Å². The molecule has 0 N–H and O–H groups in total. The topological polar surface area (TPSA) is 25.8 Å². The Balaban J connectivity index is 0.000000217. The average Bonchev–Trinajstić information content (AvgIpc) is 3.44. The van der Waals surface area contributed by atoms with E-state index in [9.17, 15) is 4.39 Å². The second kappa shape index (κ2) is 14.5. The summed E-state index contributed by atoms with van der Waals surface area (Å²) >= 11 is -0.0284. The summed E-state index contributed by atoms with van der Waals surface area (Å²) in [5, 5.41) is 4.25. The number of nitrogens with zero attached hydrogens (tertiary/aromatic N) is 2. The van der Waals surface area contributed by atoms with Gasteiger partial charge in [-0.3, -0.25) is 0 Å². The summed E-state index contributed by atoms with van der Waals surface area (Å²) in [6, 6.07) is 35.7. The number of hydrogen-bond donors (Lipinski definition) is 0. The fourth-order valence-corrected chi connectivity index (χ4v) is 8.91. The Labute approximate surface area is 292 Å². The number of rotatable bonds is 5. The van der Waals surface area contributed by atoms with Crippen LogP contribution in [0.3, 0.4) is 0 Å². The van der Waals surface area contributed by atoms with Crippen molar-refractivity contribution in [3.63, 3.8) is 0 Å². The first-order chi connectivity index (χ1) is 22.0. The van der Waals surface area contributed by atoms with Gasteiger partial charge in [0.2, 0.25) is 0 Å². The van der Waals surface area contributed by atoms with E-state index in [1.165, 1.54) is 10.5 Å². The molecule has 1 atom stereocenters. The molecule has 0 saturated carbocycles. The molecule has 3 heterocycles. The number of pyridine rings is 2. The largest absolute Gasteiger partial charge is 0 e. The SMILES string of the molecule is [2H]C(C)(/C=C\C)c1ccnc(-c2[c-]ccc3c2sc2c4ccc(F)cc4ccc32)c1.[CH3][Ge]([CH3])([CH3])[c]1ccc(-c2[c-]cccc2)nc1.[Ir]. The van der Waals surface area contributed by atoms with Crippen molar-refractivity contribution < 1.29 is 25.9 Å². The van der Waals surface area contributed by atoms with E-state index in [2.05, 4.69) is 63.6 Å². The number of hydrogen-bond acceptors (Lipinski definition) is 3. The molecule has 0 saturated heterocycles. The molecule has 7 rings (SSSR count). The average molecular weight is 861 g/mol. The smallest absolute Gasteiger partial charge is 0 e. The zero-order valence-electron chi connectivity index (χ0n) is 27.5. The Bertz CT molecular complexity index is 2190. The van der Waals surface area contributed by atoms with Gasteiger partial charge in [0.05, 0.1) is 0 Å². The molecule has 0 aliphatic carbocycles. The third kappa shape index (κ3) is 7.24. The van der Waals surface area contributed by atoms with Gasteiger partial charge in [0, 0.05) is 32.4 Å². The minimum atomic E-state index is -1.72. The normalized spacial score (nSPS) is 13.2. The Hall–Kier alpha value is -3.48. The molecule has 6 heteroatoms. The molecule has 2 nitrogen and oxygen atoms in total. The maximum Gasteiger partial charge on any atom is 0 e. The zero-order chi connectivity index (χ0) is 32.5. The number of halogens is 1. The number of allylic oxidation sites excluding steroid dienone is 2. The van der Waals surface area contributed by atoms with E-state index in [4.69, 9.17) is 1.37 Å². The predicted molar refractivity (Wildman–Crippen MR) is 194 cm³/mol. The van der Waals surface area contributed by atoms with Crippen LogP contribution in [0.25, 0.3) is 53.5 Å². The molecule has 0 aliphatic heterocycles. The van der Waals surface area contributed by atoms with Crippen LogP contribution in [-0.4, -0.2) is 23.2 Å².